The van der Waals surface area contributed by atoms with Crippen LogP contribution in [-0.2, 0) is 4.79 Å². The smallest absolute Gasteiger partial charge is 0.209 e. The van der Waals surface area contributed by atoms with Crippen molar-refractivity contribution >= 4 is 6.41 Å². The molecule has 2 heteroatoms. The Morgan fingerprint density at radius 2 is 1.21 bits per heavy atom. The van der Waals surface area contributed by atoms with E-state index in [4.69, 9.17) is 0 Å². The average Bonchev–Trinajstić information content (AvgIpc) is 2.33. The van der Waals surface area contributed by atoms with Gasteiger partial charge in [-0.05, 0) is 19.3 Å². The quantitative estimate of drug-likeness (QED) is 0.624. The second-order valence-electron chi connectivity index (χ2n) is 3.36. The summed E-state index contributed by atoms with van der Waals surface area (Å²) in [5.41, 5.74) is 0. The number of carbonyl (C=O) groups excluding carboxylic acids is 1. The Morgan fingerprint density at radius 1 is 0.786 bits per heavy atom. The molecule has 2 nitrogen and oxygen atoms in total. The summed E-state index contributed by atoms with van der Waals surface area (Å²) in [4.78, 5) is 11.9. The summed E-state index contributed by atoms with van der Waals surface area (Å²) in [6.07, 6.45) is 4.63. The van der Waals surface area contributed by atoms with Crippen LogP contribution in [0.2, 0.25) is 0 Å². The van der Waals surface area contributed by atoms with E-state index < -0.39 is 0 Å². The molecule has 0 saturated carbocycles. The van der Waals surface area contributed by atoms with Crippen LogP contribution < -0.4 is 0 Å². The first-order valence-corrected chi connectivity index (χ1v) is 5.13. The molecule has 1 aromatic carbocycles. The molecular formula is C12H17NO. The third-order valence-electron chi connectivity index (χ3n) is 2.21. The lowest BCUT2D eigenvalue weighted by atomic mass is 10.1. The van der Waals surface area contributed by atoms with Crippen LogP contribution in [-0.4, -0.2) is 24.4 Å². The zero-order valence-electron chi connectivity index (χ0n) is 8.43. The normalized spacial score (nSPS) is 15.3. The Labute approximate surface area is 85.5 Å². The van der Waals surface area contributed by atoms with Crippen molar-refractivity contribution in [1.82, 2.24) is 4.90 Å². The highest BCUT2D eigenvalue weighted by Gasteiger charge is 2.05. The molecule has 0 unspecified atom stereocenters. The van der Waals surface area contributed by atoms with Gasteiger partial charge in [-0.25, -0.2) is 0 Å². The minimum Gasteiger partial charge on any atom is -0.345 e. The summed E-state index contributed by atoms with van der Waals surface area (Å²) >= 11 is 0. The predicted molar refractivity (Wildman–Crippen MR) is 57.9 cm³/mol. The largest absolute Gasteiger partial charge is 0.345 e. The van der Waals surface area contributed by atoms with Crippen molar-refractivity contribution in [3.05, 3.63) is 36.4 Å². The van der Waals surface area contributed by atoms with Gasteiger partial charge in [-0.1, -0.05) is 36.4 Å². The van der Waals surface area contributed by atoms with Crippen molar-refractivity contribution < 1.29 is 4.79 Å². The van der Waals surface area contributed by atoms with Crippen LogP contribution in [0.1, 0.15) is 19.3 Å². The van der Waals surface area contributed by atoms with Gasteiger partial charge in [-0.15, -0.1) is 0 Å². The zero-order chi connectivity index (χ0) is 10.1. The van der Waals surface area contributed by atoms with E-state index in [0.717, 1.165) is 19.5 Å². The number of carbonyl (C=O) groups is 1. The van der Waals surface area contributed by atoms with E-state index in [1.54, 1.807) is 0 Å². The lowest BCUT2D eigenvalue weighted by Gasteiger charge is -2.21. The fourth-order valence-electron chi connectivity index (χ4n) is 1.41. The van der Waals surface area contributed by atoms with Crippen LogP contribution in [0.25, 0.3) is 0 Å². The molecule has 1 aliphatic heterocycles. The van der Waals surface area contributed by atoms with Gasteiger partial charge in [-0.2, -0.15) is 0 Å². The van der Waals surface area contributed by atoms with Crippen molar-refractivity contribution in [1.29, 1.82) is 0 Å². The molecule has 0 radical (unpaired) electrons. The molecule has 0 N–H and O–H groups in total. The lowest BCUT2D eigenvalue weighted by molar-refractivity contribution is -0.118. The van der Waals surface area contributed by atoms with Gasteiger partial charge in [0.1, 0.15) is 0 Å². The third-order valence-corrected chi connectivity index (χ3v) is 2.21. The molecule has 1 aliphatic rings. The molecule has 1 fully saturated rings. The SMILES string of the molecule is O=CN1CCCCC1.c1ccccc1. The summed E-state index contributed by atoms with van der Waals surface area (Å²) in [5.74, 6) is 0. The van der Waals surface area contributed by atoms with Crippen molar-refractivity contribution in [3.63, 3.8) is 0 Å². The van der Waals surface area contributed by atoms with Gasteiger partial charge in [0, 0.05) is 13.1 Å². The molecule has 1 heterocycles. The second kappa shape index (κ2) is 7.13. The molecule has 1 aromatic rings. The average molecular weight is 191 g/mol. The van der Waals surface area contributed by atoms with E-state index in [9.17, 15) is 4.79 Å². The maximum Gasteiger partial charge on any atom is 0.209 e. The van der Waals surface area contributed by atoms with Crippen LogP contribution in [0.4, 0.5) is 0 Å². The van der Waals surface area contributed by atoms with E-state index in [1.165, 1.54) is 19.3 Å². The molecular weight excluding hydrogens is 174 g/mol. The van der Waals surface area contributed by atoms with Crippen LogP contribution in [0.5, 0.6) is 0 Å². The Balaban J connectivity index is 0.000000146. The molecule has 0 atom stereocenters. The molecule has 0 spiro atoms. The van der Waals surface area contributed by atoms with Crippen molar-refractivity contribution in [2.45, 2.75) is 19.3 Å². The number of benzene rings is 1. The molecule has 0 bridgehead atoms. The number of nitrogens with zero attached hydrogens (tertiary/aromatic N) is 1. The minimum atomic E-state index is 0.944. The van der Waals surface area contributed by atoms with Gasteiger partial charge in [0.05, 0.1) is 0 Å². The first-order chi connectivity index (χ1) is 6.93. The number of piperidine rings is 1. The topological polar surface area (TPSA) is 20.3 Å². The van der Waals surface area contributed by atoms with Gasteiger partial charge in [-0.3, -0.25) is 4.79 Å². The molecule has 76 valence electrons. The van der Waals surface area contributed by atoms with Gasteiger partial charge in [0.2, 0.25) is 6.41 Å². The first-order valence-electron chi connectivity index (χ1n) is 5.13. The Bertz CT molecular complexity index is 203. The Hall–Kier alpha value is -1.31. The highest BCUT2D eigenvalue weighted by atomic mass is 16.1. The van der Waals surface area contributed by atoms with E-state index in [0.29, 0.717) is 0 Å². The second-order valence-corrected chi connectivity index (χ2v) is 3.36. The molecule has 0 aliphatic carbocycles. The highest BCUT2D eigenvalue weighted by Crippen LogP contribution is 2.05. The maximum absolute atomic E-state index is 10.1. The first kappa shape index (κ1) is 10.8. The standard InChI is InChI=1S/C6H11NO.C6H6/c8-6-7-4-2-1-3-5-7;1-2-4-6-5-3-1/h6H,1-5H2;1-6H. The summed E-state index contributed by atoms with van der Waals surface area (Å²) in [6.45, 7) is 1.95. The van der Waals surface area contributed by atoms with Crippen LogP contribution >= 0.6 is 0 Å². The molecule has 14 heavy (non-hydrogen) atoms. The number of hydrogen-bond acceptors (Lipinski definition) is 1. The van der Waals surface area contributed by atoms with Crippen molar-refractivity contribution in [2.75, 3.05) is 13.1 Å². The molecule has 0 aromatic heterocycles. The maximum atomic E-state index is 10.1. The van der Waals surface area contributed by atoms with Gasteiger partial charge < -0.3 is 4.90 Å². The summed E-state index contributed by atoms with van der Waals surface area (Å²) in [7, 11) is 0. The molecule has 1 saturated heterocycles. The fourth-order valence-corrected chi connectivity index (χ4v) is 1.41. The molecule has 2 rings (SSSR count). The number of likely N-dealkylation sites (tertiary alicyclic amines) is 1. The zero-order valence-corrected chi connectivity index (χ0v) is 8.43. The Morgan fingerprint density at radius 3 is 1.50 bits per heavy atom. The lowest BCUT2D eigenvalue weighted by Crippen LogP contribution is -2.27. The summed E-state index contributed by atoms with van der Waals surface area (Å²) in [5, 5.41) is 0. The highest BCUT2D eigenvalue weighted by molar-refractivity contribution is 5.46. The summed E-state index contributed by atoms with van der Waals surface area (Å²) in [6, 6.07) is 12.0. The number of hydrogen-bond donors (Lipinski definition) is 0. The van der Waals surface area contributed by atoms with E-state index in [2.05, 4.69) is 0 Å². The van der Waals surface area contributed by atoms with Crippen LogP contribution in [0.15, 0.2) is 36.4 Å². The van der Waals surface area contributed by atoms with Gasteiger partial charge in [0.25, 0.3) is 0 Å². The fraction of sp³-hybridized carbons (Fsp3) is 0.417. The van der Waals surface area contributed by atoms with E-state index in [-0.39, 0.29) is 0 Å². The minimum absolute atomic E-state index is 0.944. The van der Waals surface area contributed by atoms with Crippen LogP contribution in [0.3, 0.4) is 0 Å². The van der Waals surface area contributed by atoms with E-state index >= 15 is 0 Å². The van der Waals surface area contributed by atoms with Crippen molar-refractivity contribution in [3.8, 4) is 0 Å². The Kier molecular flexibility index (Phi) is 5.48. The third kappa shape index (κ3) is 4.65. The number of rotatable bonds is 1. The predicted octanol–water partition coefficient (Wildman–Crippen LogP) is 2.32. The van der Waals surface area contributed by atoms with Gasteiger partial charge >= 0.3 is 0 Å². The van der Waals surface area contributed by atoms with E-state index in [1.807, 2.05) is 41.3 Å². The monoisotopic (exact) mass is 191 g/mol. The summed E-state index contributed by atoms with van der Waals surface area (Å²) < 4.78 is 0. The van der Waals surface area contributed by atoms with Gasteiger partial charge in [0.15, 0.2) is 0 Å². The van der Waals surface area contributed by atoms with Crippen LogP contribution in [0, 0.1) is 0 Å². The number of amides is 1. The molecule has 1 amide bonds. The van der Waals surface area contributed by atoms with Crippen molar-refractivity contribution in [2.24, 2.45) is 0 Å².